The molecule has 1 heterocycles. The van der Waals surface area contributed by atoms with E-state index in [1.165, 1.54) is 0 Å². The highest BCUT2D eigenvalue weighted by Gasteiger charge is 2.32. The van der Waals surface area contributed by atoms with Crippen LogP contribution in [-0.4, -0.2) is 60.8 Å². The number of hydrogen-bond donors (Lipinski definition) is 4. The summed E-state index contributed by atoms with van der Waals surface area (Å²) in [6, 6.07) is 14.6. The number of ether oxygens (including phenoxy) is 2. The van der Waals surface area contributed by atoms with E-state index in [1.807, 2.05) is 70.2 Å². The van der Waals surface area contributed by atoms with Gasteiger partial charge in [0, 0.05) is 23.4 Å². The second kappa shape index (κ2) is 15.3. The number of carbonyl (C=O) groups excluding carboxylic acids is 4. The molecule has 3 rings (SSSR count). The van der Waals surface area contributed by atoms with Gasteiger partial charge in [0.2, 0.25) is 11.8 Å². The third-order valence-electron chi connectivity index (χ3n) is 6.98. The molecule has 0 aliphatic heterocycles. The lowest BCUT2D eigenvalue weighted by Crippen LogP contribution is -2.54. The summed E-state index contributed by atoms with van der Waals surface area (Å²) in [5.74, 6) is -1.47. The Labute approximate surface area is 253 Å². The van der Waals surface area contributed by atoms with Crippen LogP contribution in [0, 0.1) is 11.3 Å². The number of aromatic nitrogens is 1. The Morgan fingerprint density at radius 3 is 2.30 bits per heavy atom. The molecule has 0 aliphatic rings. The van der Waals surface area contributed by atoms with Crippen molar-refractivity contribution in [2.45, 2.75) is 66.2 Å². The van der Waals surface area contributed by atoms with Crippen molar-refractivity contribution in [3.05, 3.63) is 65.9 Å². The van der Waals surface area contributed by atoms with Crippen LogP contribution in [0.5, 0.6) is 5.75 Å². The average molecular weight is 593 g/mol. The van der Waals surface area contributed by atoms with Gasteiger partial charge in [0.05, 0.1) is 19.8 Å². The number of ketones is 1. The van der Waals surface area contributed by atoms with Crippen molar-refractivity contribution in [2.75, 3.05) is 20.3 Å². The number of fused-ring (bicyclic) bond motifs is 1. The van der Waals surface area contributed by atoms with Gasteiger partial charge in [0.25, 0.3) is 5.91 Å². The molecule has 1 aromatic heterocycles. The molecule has 3 aromatic rings. The Bertz CT molecular complexity index is 1400. The van der Waals surface area contributed by atoms with E-state index in [9.17, 15) is 19.2 Å². The van der Waals surface area contributed by atoms with E-state index in [0.29, 0.717) is 18.7 Å². The highest BCUT2D eigenvalue weighted by atomic mass is 16.5. The quantitative estimate of drug-likeness (QED) is 0.209. The van der Waals surface area contributed by atoms with Gasteiger partial charge < -0.3 is 30.4 Å². The minimum Gasteiger partial charge on any atom is -0.496 e. The first-order chi connectivity index (χ1) is 20.4. The molecule has 0 bridgehead atoms. The summed E-state index contributed by atoms with van der Waals surface area (Å²) >= 11 is 0. The summed E-state index contributed by atoms with van der Waals surface area (Å²) in [4.78, 5) is 55.9. The van der Waals surface area contributed by atoms with Crippen molar-refractivity contribution >= 4 is 34.4 Å². The third kappa shape index (κ3) is 9.95. The predicted octanol–water partition coefficient (Wildman–Crippen LogP) is 4.14. The molecule has 10 nitrogen and oxygen atoms in total. The molecular formula is C33H44N4O6. The number of Topliss-reactive ketones (excluding diaryl/α,β-unsaturated/α-hetero) is 1. The van der Waals surface area contributed by atoms with Crippen molar-refractivity contribution in [1.82, 2.24) is 20.9 Å². The molecule has 0 spiro atoms. The topological polar surface area (TPSA) is 139 Å². The first-order valence-corrected chi connectivity index (χ1v) is 14.6. The molecule has 0 saturated heterocycles. The zero-order valence-electron chi connectivity index (χ0n) is 25.9. The number of amides is 3. The van der Waals surface area contributed by atoms with E-state index >= 15 is 0 Å². The van der Waals surface area contributed by atoms with Crippen LogP contribution in [0.15, 0.2) is 54.6 Å². The van der Waals surface area contributed by atoms with Gasteiger partial charge in [0.15, 0.2) is 5.78 Å². The number of methoxy groups -OCH3 is 1. The van der Waals surface area contributed by atoms with Crippen LogP contribution in [0.1, 0.15) is 63.5 Å². The molecule has 4 N–H and O–H groups in total. The molecule has 0 fully saturated rings. The molecule has 0 aliphatic carbocycles. The number of rotatable bonds is 15. The van der Waals surface area contributed by atoms with Crippen LogP contribution in [0.25, 0.3) is 10.9 Å². The van der Waals surface area contributed by atoms with Crippen LogP contribution in [0.4, 0.5) is 0 Å². The van der Waals surface area contributed by atoms with Crippen LogP contribution in [0.2, 0.25) is 0 Å². The van der Waals surface area contributed by atoms with E-state index in [-0.39, 0.29) is 42.4 Å². The first kappa shape index (κ1) is 33.3. The van der Waals surface area contributed by atoms with Crippen molar-refractivity contribution in [3.63, 3.8) is 0 Å². The minimum atomic E-state index is -0.988. The van der Waals surface area contributed by atoms with Gasteiger partial charge in [0.1, 0.15) is 24.1 Å². The van der Waals surface area contributed by atoms with E-state index in [1.54, 1.807) is 26.2 Å². The Hall–Kier alpha value is -4.18. The molecule has 0 radical (unpaired) electrons. The summed E-state index contributed by atoms with van der Waals surface area (Å²) in [5, 5.41) is 9.18. The SMILES string of the molecule is CCNC(=O)[C@@H](C)C[C@H](NC(=O)[C@H](CC(C)(C)C)NC(=O)c1cc2c(OC)cccc2[nH]1)C(=O)COCc1ccccc1. The number of nitrogens with one attached hydrogen (secondary N) is 4. The summed E-state index contributed by atoms with van der Waals surface area (Å²) in [6.45, 7) is 9.86. The average Bonchev–Trinajstić information content (AvgIpc) is 3.41. The predicted molar refractivity (Wildman–Crippen MR) is 166 cm³/mol. The Kier molecular flexibility index (Phi) is 11.9. The lowest BCUT2D eigenvalue weighted by Gasteiger charge is -2.28. The minimum absolute atomic E-state index is 0.0864. The molecule has 232 valence electrons. The van der Waals surface area contributed by atoms with E-state index < -0.39 is 29.8 Å². The zero-order valence-corrected chi connectivity index (χ0v) is 25.9. The molecule has 2 aromatic carbocycles. The van der Waals surface area contributed by atoms with E-state index in [2.05, 4.69) is 20.9 Å². The molecule has 0 saturated carbocycles. The molecule has 10 heteroatoms. The van der Waals surface area contributed by atoms with Gasteiger partial charge in [-0.2, -0.15) is 0 Å². The van der Waals surface area contributed by atoms with Gasteiger partial charge in [-0.3, -0.25) is 19.2 Å². The highest BCUT2D eigenvalue weighted by molar-refractivity contribution is 6.02. The summed E-state index contributed by atoms with van der Waals surface area (Å²) in [6.07, 6.45) is 0.397. The largest absolute Gasteiger partial charge is 0.496 e. The number of H-pyrrole nitrogens is 1. The Morgan fingerprint density at radius 1 is 0.930 bits per heavy atom. The summed E-state index contributed by atoms with van der Waals surface area (Å²) < 4.78 is 11.1. The Morgan fingerprint density at radius 2 is 1.65 bits per heavy atom. The number of carbonyl (C=O) groups is 4. The zero-order chi connectivity index (χ0) is 31.6. The normalized spacial score (nSPS) is 13.5. The monoisotopic (exact) mass is 592 g/mol. The lowest BCUT2D eigenvalue weighted by atomic mass is 9.87. The highest BCUT2D eigenvalue weighted by Crippen LogP contribution is 2.26. The molecule has 0 unspecified atom stereocenters. The number of benzene rings is 2. The van der Waals surface area contributed by atoms with Crippen LogP contribution >= 0.6 is 0 Å². The van der Waals surface area contributed by atoms with Gasteiger partial charge in [-0.25, -0.2) is 0 Å². The van der Waals surface area contributed by atoms with E-state index in [0.717, 1.165) is 16.5 Å². The molecule has 3 atom stereocenters. The van der Waals surface area contributed by atoms with Crippen LogP contribution < -0.4 is 20.7 Å². The van der Waals surface area contributed by atoms with Crippen molar-refractivity contribution in [3.8, 4) is 5.75 Å². The molecule has 43 heavy (non-hydrogen) atoms. The van der Waals surface area contributed by atoms with Crippen molar-refractivity contribution in [1.29, 1.82) is 0 Å². The van der Waals surface area contributed by atoms with Gasteiger partial charge in [-0.05, 0) is 48.9 Å². The smallest absolute Gasteiger partial charge is 0.268 e. The maximum atomic E-state index is 13.7. The van der Waals surface area contributed by atoms with Gasteiger partial charge in [-0.15, -0.1) is 0 Å². The fourth-order valence-corrected chi connectivity index (χ4v) is 4.78. The second-order valence-corrected chi connectivity index (χ2v) is 11.9. The van der Waals surface area contributed by atoms with Gasteiger partial charge >= 0.3 is 0 Å². The van der Waals surface area contributed by atoms with Crippen LogP contribution in [0.3, 0.4) is 0 Å². The second-order valence-electron chi connectivity index (χ2n) is 11.9. The fourth-order valence-electron chi connectivity index (χ4n) is 4.78. The maximum Gasteiger partial charge on any atom is 0.268 e. The van der Waals surface area contributed by atoms with Crippen molar-refractivity contribution in [2.24, 2.45) is 11.3 Å². The molecular weight excluding hydrogens is 548 g/mol. The standard InChI is InChI=1S/C33H44N4O6/c1-7-34-30(39)21(2)16-25(28(38)20-43-19-22-12-9-8-10-13-22)36-32(41)27(18-33(3,4)5)37-31(40)26-17-23-24(35-26)14-11-15-29(23)42-6/h8-15,17,21,25,27,35H,7,16,18-20H2,1-6H3,(H,34,39)(H,36,41)(H,37,40)/t21-,25-,27-/m0/s1. The lowest BCUT2D eigenvalue weighted by molar-refractivity contribution is -0.133. The fraction of sp³-hybridized carbons (Fsp3) is 0.455. The first-order valence-electron chi connectivity index (χ1n) is 14.6. The third-order valence-corrected chi connectivity index (χ3v) is 6.98. The summed E-state index contributed by atoms with van der Waals surface area (Å²) in [5.41, 5.74) is 1.58. The van der Waals surface area contributed by atoms with Crippen molar-refractivity contribution < 1.29 is 28.7 Å². The number of aromatic amines is 1. The maximum absolute atomic E-state index is 13.7. The Balaban J connectivity index is 1.78. The van der Waals surface area contributed by atoms with Crippen LogP contribution in [-0.2, 0) is 25.7 Å². The number of hydrogen-bond acceptors (Lipinski definition) is 6. The molecule has 3 amide bonds. The van der Waals surface area contributed by atoms with E-state index in [4.69, 9.17) is 9.47 Å². The summed E-state index contributed by atoms with van der Waals surface area (Å²) in [7, 11) is 1.56. The van der Waals surface area contributed by atoms with Gasteiger partial charge in [-0.1, -0.05) is 64.1 Å².